The summed E-state index contributed by atoms with van der Waals surface area (Å²) >= 11 is 0. The zero-order valence-electron chi connectivity index (χ0n) is 25.1. The van der Waals surface area contributed by atoms with Crippen molar-refractivity contribution in [3.05, 3.63) is 59.7 Å². The fraction of sp³-hybridized carbons (Fsp3) is 0.545. The van der Waals surface area contributed by atoms with E-state index in [4.69, 9.17) is 4.74 Å². The zero-order chi connectivity index (χ0) is 30.1. The van der Waals surface area contributed by atoms with Crippen LogP contribution in [0.15, 0.2) is 48.5 Å². The molecule has 1 saturated heterocycles. The van der Waals surface area contributed by atoms with Crippen molar-refractivity contribution in [1.29, 1.82) is 0 Å². The number of benzene rings is 2. The van der Waals surface area contributed by atoms with Crippen molar-refractivity contribution < 1.29 is 24.2 Å². The number of rotatable bonds is 13. The third kappa shape index (κ3) is 9.03. The molecule has 3 atom stereocenters. The van der Waals surface area contributed by atoms with Gasteiger partial charge in [0.25, 0.3) is 5.91 Å². The lowest BCUT2D eigenvalue weighted by atomic mass is 9.95. The zero-order valence-corrected chi connectivity index (χ0v) is 25.1. The van der Waals surface area contributed by atoms with Crippen molar-refractivity contribution in [3.63, 3.8) is 0 Å². The summed E-state index contributed by atoms with van der Waals surface area (Å²) in [5.41, 5.74) is 1.94. The van der Waals surface area contributed by atoms with E-state index in [9.17, 15) is 19.5 Å². The molecular formula is C33H46N4O5. The van der Waals surface area contributed by atoms with Crippen LogP contribution in [0, 0.1) is 0 Å². The first-order chi connectivity index (χ1) is 20.2. The smallest absolute Gasteiger partial charge is 0.251 e. The molecule has 9 heteroatoms. The summed E-state index contributed by atoms with van der Waals surface area (Å²) in [6, 6.07) is 13.9. The Hall–Kier alpha value is -3.43. The van der Waals surface area contributed by atoms with E-state index in [0.29, 0.717) is 36.4 Å². The number of carbonyl (C=O) groups is 3. The molecule has 3 amide bonds. The van der Waals surface area contributed by atoms with E-state index in [2.05, 4.69) is 16.0 Å². The maximum absolute atomic E-state index is 13.6. The summed E-state index contributed by atoms with van der Waals surface area (Å²) in [6.45, 7) is 6.32. The van der Waals surface area contributed by atoms with Gasteiger partial charge in [-0.1, -0.05) is 49.6 Å². The number of anilines is 1. The molecule has 2 aromatic rings. The van der Waals surface area contributed by atoms with E-state index >= 15 is 0 Å². The minimum absolute atomic E-state index is 0.0214. The van der Waals surface area contributed by atoms with Crippen molar-refractivity contribution >= 4 is 23.4 Å². The molecule has 2 aliphatic rings. The Morgan fingerprint density at radius 1 is 1.02 bits per heavy atom. The quantitative estimate of drug-likeness (QED) is 0.288. The molecule has 0 unspecified atom stereocenters. The summed E-state index contributed by atoms with van der Waals surface area (Å²) < 4.78 is 5.92. The van der Waals surface area contributed by atoms with Gasteiger partial charge >= 0.3 is 0 Å². The molecule has 42 heavy (non-hydrogen) atoms. The van der Waals surface area contributed by atoms with E-state index in [1.54, 1.807) is 30.0 Å². The number of hydrogen-bond donors (Lipinski definition) is 4. The Bertz CT molecular complexity index is 1200. The Balaban J connectivity index is 1.47. The minimum atomic E-state index is -0.964. The highest BCUT2D eigenvalue weighted by Crippen LogP contribution is 2.28. The molecule has 4 N–H and O–H groups in total. The third-order valence-corrected chi connectivity index (χ3v) is 7.97. The molecule has 2 fully saturated rings. The van der Waals surface area contributed by atoms with Crippen LogP contribution in [0.25, 0.3) is 0 Å². The van der Waals surface area contributed by atoms with Crippen molar-refractivity contribution in [2.24, 2.45) is 0 Å². The molecule has 9 nitrogen and oxygen atoms in total. The first-order valence-corrected chi connectivity index (χ1v) is 15.4. The van der Waals surface area contributed by atoms with Crippen LogP contribution in [0.2, 0.25) is 0 Å². The van der Waals surface area contributed by atoms with Crippen molar-refractivity contribution in [3.8, 4) is 5.75 Å². The number of hydrogen-bond acceptors (Lipinski definition) is 6. The fourth-order valence-corrected chi connectivity index (χ4v) is 5.64. The predicted octanol–water partition coefficient (Wildman–Crippen LogP) is 3.73. The normalized spacial score (nSPS) is 18.0. The van der Waals surface area contributed by atoms with Crippen LogP contribution >= 0.6 is 0 Å². The molecule has 228 valence electrons. The molecule has 0 aromatic heterocycles. The highest BCUT2D eigenvalue weighted by molar-refractivity contribution is 5.99. The lowest BCUT2D eigenvalue weighted by Gasteiger charge is -2.28. The van der Waals surface area contributed by atoms with Gasteiger partial charge in [-0.25, -0.2) is 0 Å². The van der Waals surface area contributed by atoms with Crippen LogP contribution in [0.5, 0.6) is 5.75 Å². The number of aliphatic hydroxyl groups is 1. The van der Waals surface area contributed by atoms with Crippen molar-refractivity contribution in [2.45, 2.75) is 102 Å². The minimum Gasteiger partial charge on any atom is -0.491 e. The number of amides is 3. The van der Waals surface area contributed by atoms with Crippen LogP contribution in [-0.4, -0.2) is 66.3 Å². The topological polar surface area (TPSA) is 120 Å². The third-order valence-electron chi connectivity index (χ3n) is 7.97. The van der Waals surface area contributed by atoms with E-state index in [0.717, 1.165) is 37.7 Å². The Morgan fingerprint density at radius 2 is 1.76 bits per heavy atom. The summed E-state index contributed by atoms with van der Waals surface area (Å²) in [5, 5.41) is 20.6. The highest BCUT2D eigenvalue weighted by atomic mass is 16.5. The number of nitrogens with one attached hydrogen (secondary N) is 3. The van der Waals surface area contributed by atoms with Crippen LogP contribution in [0.1, 0.15) is 81.6 Å². The summed E-state index contributed by atoms with van der Waals surface area (Å²) in [4.78, 5) is 40.5. The van der Waals surface area contributed by atoms with Gasteiger partial charge in [-0.2, -0.15) is 0 Å². The molecule has 0 bridgehead atoms. The fourth-order valence-electron chi connectivity index (χ4n) is 5.64. The van der Waals surface area contributed by atoms with Gasteiger partial charge in [0.2, 0.25) is 11.8 Å². The van der Waals surface area contributed by atoms with Gasteiger partial charge in [0.05, 0.1) is 24.3 Å². The average Bonchev–Trinajstić information content (AvgIpc) is 3.41. The second-order valence-corrected chi connectivity index (χ2v) is 11.8. The molecule has 1 aliphatic heterocycles. The second kappa shape index (κ2) is 15.2. The van der Waals surface area contributed by atoms with E-state index < -0.39 is 18.2 Å². The Morgan fingerprint density at radius 3 is 2.43 bits per heavy atom. The molecule has 0 spiro atoms. The van der Waals surface area contributed by atoms with Gasteiger partial charge in [0.15, 0.2) is 0 Å². The van der Waals surface area contributed by atoms with Gasteiger partial charge in [-0.15, -0.1) is 0 Å². The van der Waals surface area contributed by atoms with Crippen LogP contribution in [0.4, 0.5) is 5.69 Å². The lowest BCUT2D eigenvalue weighted by Crippen LogP contribution is -2.53. The predicted molar refractivity (Wildman–Crippen MR) is 164 cm³/mol. The van der Waals surface area contributed by atoms with Gasteiger partial charge in [0.1, 0.15) is 5.75 Å². The molecule has 1 saturated carbocycles. The van der Waals surface area contributed by atoms with Gasteiger partial charge < -0.3 is 30.7 Å². The van der Waals surface area contributed by atoms with E-state index in [-0.39, 0.29) is 36.4 Å². The number of ether oxygens (including phenoxy) is 1. The average molecular weight is 579 g/mol. The Labute approximate surface area is 249 Å². The number of aliphatic hydroxyl groups excluding tert-OH is 1. The number of nitrogens with zero attached hydrogens (tertiary/aromatic N) is 1. The molecule has 1 aliphatic carbocycles. The highest BCUT2D eigenvalue weighted by Gasteiger charge is 2.27. The lowest BCUT2D eigenvalue weighted by molar-refractivity contribution is -0.123. The summed E-state index contributed by atoms with van der Waals surface area (Å²) in [7, 11) is 0. The van der Waals surface area contributed by atoms with E-state index in [1.165, 1.54) is 6.42 Å². The van der Waals surface area contributed by atoms with Gasteiger partial charge in [0, 0.05) is 42.9 Å². The second-order valence-electron chi connectivity index (χ2n) is 11.8. The van der Waals surface area contributed by atoms with Gasteiger partial charge in [-0.3, -0.25) is 14.4 Å². The van der Waals surface area contributed by atoms with Crippen LogP contribution in [-0.2, 0) is 16.0 Å². The van der Waals surface area contributed by atoms with Crippen molar-refractivity contribution in [1.82, 2.24) is 16.0 Å². The molecular weight excluding hydrogens is 532 g/mol. The first-order valence-electron chi connectivity index (χ1n) is 15.4. The molecule has 2 aromatic carbocycles. The van der Waals surface area contributed by atoms with Gasteiger partial charge in [-0.05, 0) is 64.2 Å². The maximum atomic E-state index is 13.6. The van der Waals surface area contributed by atoms with E-state index in [1.807, 2.05) is 44.2 Å². The standard InChI is InChI=1S/C33H46N4O5/c1-22(2)42-28-19-25(18-27(20-28)37-16-10-15-31(37)39)33(41)36-29(17-24-11-6-4-7-12-24)30(38)21-34-23(3)32(40)35-26-13-8-5-9-14-26/h4,6-7,11-12,18-20,22-23,26,29-30,34,38H,5,8-10,13-17,21H2,1-3H3,(H,35,40)(H,36,41)/t23-,29-,30-/m0/s1. The molecule has 1 heterocycles. The molecule has 4 rings (SSSR count). The molecule has 0 radical (unpaired) electrons. The number of carbonyl (C=O) groups excluding carboxylic acids is 3. The Kier molecular flexibility index (Phi) is 11.4. The monoisotopic (exact) mass is 578 g/mol. The van der Waals surface area contributed by atoms with Crippen LogP contribution in [0.3, 0.4) is 0 Å². The summed E-state index contributed by atoms with van der Waals surface area (Å²) in [5.74, 6) is 0.0731. The SMILES string of the molecule is CC(C)Oc1cc(C(=O)N[C@@H](Cc2ccccc2)[C@@H](O)CN[C@@H](C)C(=O)NC2CCCCC2)cc(N2CCCC2=O)c1. The van der Waals surface area contributed by atoms with Crippen molar-refractivity contribution in [2.75, 3.05) is 18.0 Å². The first kappa shape index (κ1) is 31.5. The maximum Gasteiger partial charge on any atom is 0.251 e. The summed E-state index contributed by atoms with van der Waals surface area (Å²) in [6.07, 6.45) is 6.06. The van der Waals surface area contributed by atoms with Crippen LogP contribution < -0.4 is 25.6 Å². The largest absolute Gasteiger partial charge is 0.491 e.